The molecule has 1 saturated carbocycles. The maximum absolute atomic E-state index is 12.3. The number of anilines is 1. The lowest BCUT2D eigenvalue weighted by Gasteiger charge is -2.23. The van der Waals surface area contributed by atoms with Gasteiger partial charge in [-0.25, -0.2) is 0 Å². The molecule has 1 amide bonds. The number of carbonyl (C=O) groups excluding carboxylic acids is 1. The summed E-state index contributed by atoms with van der Waals surface area (Å²) in [5, 5.41) is 9.17. The van der Waals surface area contributed by atoms with Gasteiger partial charge < -0.3 is 10.0 Å². The average molecular weight is 275 g/mol. The van der Waals surface area contributed by atoms with Gasteiger partial charge in [-0.3, -0.25) is 9.59 Å². The van der Waals surface area contributed by atoms with E-state index in [1.165, 1.54) is 10.5 Å². The highest BCUT2D eigenvalue weighted by atomic mass is 16.4. The van der Waals surface area contributed by atoms with Gasteiger partial charge in [0.15, 0.2) is 0 Å². The van der Waals surface area contributed by atoms with E-state index >= 15 is 0 Å². The topological polar surface area (TPSA) is 57.6 Å². The zero-order valence-electron chi connectivity index (χ0n) is 12.4. The van der Waals surface area contributed by atoms with Gasteiger partial charge in [-0.2, -0.15) is 0 Å². The summed E-state index contributed by atoms with van der Waals surface area (Å²) in [5.41, 5.74) is 0.786. The number of carboxylic acid groups (broad SMARTS) is 1. The van der Waals surface area contributed by atoms with Crippen LogP contribution in [0.25, 0.3) is 0 Å². The van der Waals surface area contributed by atoms with Gasteiger partial charge in [0, 0.05) is 12.7 Å². The third kappa shape index (κ3) is 2.42. The molecular formula is C16H21NO3. The van der Waals surface area contributed by atoms with Crippen molar-refractivity contribution in [2.24, 2.45) is 5.41 Å². The van der Waals surface area contributed by atoms with E-state index in [2.05, 4.69) is 20.8 Å². The Kier molecular flexibility index (Phi) is 3.36. The quantitative estimate of drug-likeness (QED) is 0.863. The molecule has 0 spiro atoms. The minimum atomic E-state index is -1.18. The zero-order chi connectivity index (χ0) is 15.1. The van der Waals surface area contributed by atoms with Crippen LogP contribution in [0.1, 0.15) is 39.2 Å². The van der Waals surface area contributed by atoms with Crippen LogP contribution in [-0.2, 0) is 15.0 Å². The van der Waals surface area contributed by atoms with Crippen LogP contribution in [0, 0.1) is 5.41 Å². The largest absolute Gasteiger partial charge is 0.480 e. The first-order valence-corrected chi connectivity index (χ1v) is 6.80. The first kappa shape index (κ1) is 14.6. The number of amides is 1. The highest BCUT2D eigenvalue weighted by Gasteiger charge is 2.58. The minimum Gasteiger partial charge on any atom is -0.480 e. The smallest absolute Gasteiger partial charge is 0.319 e. The molecule has 0 heterocycles. The summed E-state index contributed by atoms with van der Waals surface area (Å²) in [7, 11) is 1.64. The Balaban J connectivity index is 2.20. The molecule has 0 atom stereocenters. The Morgan fingerprint density at radius 1 is 1.15 bits per heavy atom. The van der Waals surface area contributed by atoms with Gasteiger partial charge >= 0.3 is 5.97 Å². The fourth-order valence-corrected chi connectivity index (χ4v) is 2.27. The lowest BCUT2D eigenvalue weighted by molar-refractivity contribution is -0.148. The molecule has 0 radical (unpaired) electrons. The predicted octanol–water partition coefficient (Wildman–Crippen LogP) is 2.81. The van der Waals surface area contributed by atoms with Crippen LogP contribution < -0.4 is 4.90 Å². The number of hydrogen-bond acceptors (Lipinski definition) is 2. The normalized spacial score (nSPS) is 16.6. The second-order valence-corrected chi connectivity index (χ2v) is 6.55. The van der Waals surface area contributed by atoms with E-state index in [4.69, 9.17) is 0 Å². The van der Waals surface area contributed by atoms with Crippen LogP contribution in [0.4, 0.5) is 5.69 Å². The van der Waals surface area contributed by atoms with Crippen molar-refractivity contribution in [1.29, 1.82) is 0 Å². The minimum absolute atomic E-state index is 0.0554. The van der Waals surface area contributed by atoms with Crippen molar-refractivity contribution in [3.8, 4) is 0 Å². The second-order valence-electron chi connectivity index (χ2n) is 6.55. The van der Waals surface area contributed by atoms with Crippen molar-refractivity contribution in [2.75, 3.05) is 11.9 Å². The Morgan fingerprint density at radius 2 is 1.65 bits per heavy atom. The van der Waals surface area contributed by atoms with Crippen molar-refractivity contribution in [1.82, 2.24) is 0 Å². The molecule has 0 aromatic heterocycles. The molecule has 2 rings (SSSR count). The molecule has 1 aliphatic carbocycles. The number of aliphatic carboxylic acids is 1. The monoisotopic (exact) mass is 275 g/mol. The predicted molar refractivity (Wildman–Crippen MR) is 77.9 cm³/mol. The molecule has 0 unspecified atom stereocenters. The SMILES string of the molecule is CN(C(=O)C1(C(=O)O)CC1)c1ccc(C(C)(C)C)cc1. The van der Waals surface area contributed by atoms with Crippen molar-refractivity contribution < 1.29 is 14.7 Å². The molecule has 1 aromatic rings. The summed E-state index contributed by atoms with van der Waals surface area (Å²) in [5.74, 6) is -1.34. The van der Waals surface area contributed by atoms with Crippen LogP contribution in [0.5, 0.6) is 0 Å². The van der Waals surface area contributed by atoms with Gasteiger partial charge in [-0.1, -0.05) is 32.9 Å². The van der Waals surface area contributed by atoms with Gasteiger partial charge in [0.25, 0.3) is 0 Å². The maximum atomic E-state index is 12.3. The van der Waals surface area contributed by atoms with Gasteiger partial charge in [0.05, 0.1) is 0 Å². The lowest BCUT2D eigenvalue weighted by Crippen LogP contribution is -2.38. The van der Waals surface area contributed by atoms with Crippen LogP contribution in [0.3, 0.4) is 0 Å². The van der Waals surface area contributed by atoms with E-state index in [1.54, 1.807) is 7.05 Å². The Labute approximate surface area is 119 Å². The molecule has 0 bridgehead atoms. The van der Waals surface area contributed by atoms with Gasteiger partial charge in [-0.05, 0) is 36.0 Å². The summed E-state index contributed by atoms with van der Waals surface area (Å²) < 4.78 is 0. The number of carbonyl (C=O) groups is 2. The third-order valence-electron chi connectivity index (χ3n) is 3.99. The summed E-state index contributed by atoms with van der Waals surface area (Å²) >= 11 is 0. The second kappa shape index (κ2) is 4.62. The van der Waals surface area contributed by atoms with Crippen molar-refractivity contribution in [3.63, 3.8) is 0 Å². The van der Waals surface area contributed by atoms with Crippen molar-refractivity contribution >= 4 is 17.6 Å². The summed E-state index contributed by atoms with van der Waals surface area (Å²) in [6.07, 6.45) is 0.872. The van der Waals surface area contributed by atoms with Crippen LogP contribution >= 0.6 is 0 Å². The number of nitrogens with zero attached hydrogens (tertiary/aromatic N) is 1. The third-order valence-corrected chi connectivity index (χ3v) is 3.99. The molecule has 4 nitrogen and oxygen atoms in total. The van der Waals surface area contributed by atoms with Crippen LogP contribution in [-0.4, -0.2) is 24.0 Å². The Morgan fingerprint density at radius 3 is 2.00 bits per heavy atom. The first-order valence-electron chi connectivity index (χ1n) is 6.80. The molecule has 1 N–H and O–H groups in total. The van der Waals surface area contributed by atoms with E-state index < -0.39 is 11.4 Å². The summed E-state index contributed by atoms with van der Waals surface area (Å²) in [4.78, 5) is 24.9. The molecule has 20 heavy (non-hydrogen) atoms. The highest BCUT2D eigenvalue weighted by Crippen LogP contribution is 2.47. The average Bonchev–Trinajstić information content (AvgIpc) is 3.17. The highest BCUT2D eigenvalue weighted by molar-refractivity contribution is 6.11. The molecule has 0 aliphatic heterocycles. The Hall–Kier alpha value is -1.84. The van der Waals surface area contributed by atoms with Crippen LogP contribution in [0.2, 0.25) is 0 Å². The maximum Gasteiger partial charge on any atom is 0.319 e. The molecule has 0 saturated heterocycles. The summed E-state index contributed by atoms with van der Waals surface area (Å²) in [6.45, 7) is 6.38. The molecule has 1 aliphatic rings. The Bertz CT molecular complexity index is 536. The fraction of sp³-hybridized carbons (Fsp3) is 0.500. The van der Waals surface area contributed by atoms with Crippen molar-refractivity contribution in [3.05, 3.63) is 29.8 Å². The number of benzene rings is 1. The number of rotatable bonds is 3. The molecule has 1 fully saturated rings. The number of hydrogen-bond donors (Lipinski definition) is 1. The van der Waals surface area contributed by atoms with E-state index in [0.29, 0.717) is 12.8 Å². The summed E-state index contributed by atoms with van der Waals surface area (Å²) in [6, 6.07) is 7.71. The van der Waals surface area contributed by atoms with E-state index in [9.17, 15) is 14.7 Å². The molecule has 108 valence electrons. The van der Waals surface area contributed by atoms with E-state index in [0.717, 1.165) is 5.69 Å². The first-order chi connectivity index (χ1) is 9.18. The number of carboxylic acids is 1. The van der Waals surface area contributed by atoms with Crippen LogP contribution in [0.15, 0.2) is 24.3 Å². The molecular weight excluding hydrogens is 254 g/mol. The van der Waals surface area contributed by atoms with Gasteiger partial charge in [0.2, 0.25) is 5.91 Å². The molecule has 4 heteroatoms. The standard InChI is InChI=1S/C16H21NO3/c1-15(2,3)11-5-7-12(8-6-11)17(4)13(18)16(9-10-16)14(19)20/h5-8H,9-10H2,1-4H3,(H,19,20). The van der Waals surface area contributed by atoms with Gasteiger partial charge in [0.1, 0.15) is 5.41 Å². The van der Waals surface area contributed by atoms with E-state index in [1.807, 2.05) is 24.3 Å². The lowest BCUT2D eigenvalue weighted by atomic mass is 9.87. The molecule has 1 aromatic carbocycles. The van der Waals surface area contributed by atoms with E-state index in [-0.39, 0.29) is 11.3 Å². The van der Waals surface area contributed by atoms with Crippen molar-refractivity contribution in [2.45, 2.75) is 39.0 Å². The zero-order valence-corrected chi connectivity index (χ0v) is 12.4. The van der Waals surface area contributed by atoms with Gasteiger partial charge in [-0.15, -0.1) is 0 Å². The fourth-order valence-electron chi connectivity index (χ4n) is 2.27.